The molecule has 14 heavy (non-hydrogen) atoms. The monoisotopic (exact) mass is 196 g/mol. The van der Waals surface area contributed by atoms with Crippen molar-refractivity contribution < 1.29 is 0 Å². The second-order valence-electron chi connectivity index (χ2n) is 3.08. The van der Waals surface area contributed by atoms with Crippen LogP contribution < -0.4 is 5.43 Å². The smallest absolute Gasteiger partial charge is 0.138 e. The minimum absolute atomic E-state index is 0.184. The molecule has 2 heterocycles. The third kappa shape index (κ3) is 1.95. The molecule has 0 radical (unpaired) electrons. The highest BCUT2D eigenvalue weighted by Crippen LogP contribution is 2.05. The second kappa shape index (κ2) is 3.99. The maximum Gasteiger partial charge on any atom is 0.138 e. The molecule has 0 aromatic carbocycles. The van der Waals surface area contributed by atoms with Crippen molar-refractivity contribution in [2.75, 3.05) is 6.54 Å². The number of aromatic nitrogens is 4. The van der Waals surface area contributed by atoms with Gasteiger partial charge < -0.3 is 0 Å². The maximum atomic E-state index is 3.92. The first-order valence-corrected chi connectivity index (χ1v) is 4.50. The van der Waals surface area contributed by atoms with E-state index in [0.717, 1.165) is 19.5 Å². The summed E-state index contributed by atoms with van der Waals surface area (Å²) in [5, 5.41) is 20.4. The van der Waals surface area contributed by atoms with Crippen LogP contribution in [0.15, 0.2) is 16.8 Å². The lowest BCUT2D eigenvalue weighted by Crippen LogP contribution is -2.32. The van der Waals surface area contributed by atoms with E-state index in [0.29, 0.717) is 0 Å². The van der Waals surface area contributed by atoms with Crippen LogP contribution in [0.1, 0.15) is 13.3 Å². The molecule has 1 aliphatic heterocycles. The van der Waals surface area contributed by atoms with Crippen LogP contribution in [0.25, 0.3) is 0 Å². The molecule has 1 atom stereocenters. The Balaban J connectivity index is 1.70. The van der Waals surface area contributed by atoms with Crippen molar-refractivity contribution in [2.45, 2.75) is 26.1 Å². The second-order valence-corrected chi connectivity index (χ2v) is 3.08. The Hall–Kier alpha value is -1.73. The van der Waals surface area contributed by atoms with E-state index in [9.17, 15) is 0 Å². The van der Waals surface area contributed by atoms with Gasteiger partial charge in [-0.1, -0.05) is 10.4 Å². The van der Waals surface area contributed by atoms with Crippen molar-refractivity contribution in [2.24, 2.45) is 10.4 Å². The molecule has 76 valence electrons. The lowest BCUT2D eigenvalue weighted by molar-refractivity contribution is 0.223. The molecule has 1 N–H and O–H groups in total. The van der Waals surface area contributed by atoms with Crippen LogP contribution in [0.5, 0.6) is 0 Å². The fourth-order valence-corrected chi connectivity index (χ4v) is 1.23. The summed E-state index contributed by atoms with van der Waals surface area (Å²) in [5.41, 5.74) is 2.85. The van der Waals surface area contributed by atoms with E-state index in [1.54, 1.807) is 11.0 Å². The largest absolute Gasteiger partial charge is 0.267 e. The summed E-state index contributed by atoms with van der Waals surface area (Å²) in [6, 6.07) is 0. The van der Waals surface area contributed by atoms with Gasteiger partial charge in [0.15, 0.2) is 0 Å². The molecule has 8 nitrogen and oxygen atoms in total. The Morgan fingerprint density at radius 1 is 1.43 bits per heavy atom. The van der Waals surface area contributed by atoms with Crippen LogP contribution in [0.3, 0.4) is 0 Å². The number of rotatable bonds is 4. The van der Waals surface area contributed by atoms with Gasteiger partial charge in [-0.05, 0) is 23.8 Å². The standard InChI is InChI=1S/C6H12N8/c1-6-8-10-12-14(6)4-2-3-13-5-7-9-11-13/h5-6H,2-4H2,1H3,(H,8,12)/t6-/m0/s1. The molecule has 1 aromatic heterocycles. The minimum Gasteiger partial charge on any atom is -0.267 e. The lowest BCUT2D eigenvalue weighted by Gasteiger charge is -2.16. The van der Waals surface area contributed by atoms with Crippen LogP contribution in [-0.2, 0) is 6.54 Å². The summed E-state index contributed by atoms with van der Waals surface area (Å²) in [6.45, 7) is 3.65. The van der Waals surface area contributed by atoms with Gasteiger partial charge in [0.1, 0.15) is 12.5 Å². The van der Waals surface area contributed by atoms with Gasteiger partial charge in [0, 0.05) is 13.1 Å². The fraction of sp³-hybridized carbons (Fsp3) is 0.833. The third-order valence-electron chi connectivity index (χ3n) is 2.02. The molecule has 0 unspecified atom stereocenters. The van der Waals surface area contributed by atoms with Gasteiger partial charge >= 0.3 is 0 Å². The van der Waals surface area contributed by atoms with E-state index in [1.165, 1.54) is 0 Å². The predicted molar refractivity (Wildman–Crippen MR) is 46.6 cm³/mol. The van der Waals surface area contributed by atoms with Gasteiger partial charge in [0.05, 0.1) is 0 Å². The fourth-order valence-electron chi connectivity index (χ4n) is 1.23. The normalized spacial score (nSPS) is 20.1. The molecule has 0 fully saturated rings. The van der Waals surface area contributed by atoms with Gasteiger partial charge in [-0.15, -0.1) is 5.10 Å². The summed E-state index contributed by atoms with van der Waals surface area (Å²) in [5.74, 6) is 0. The van der Waals surface area contributed by atoms with Crippen LogP contribution in [0.4, 0.5) is 0 Å². The molecule has 0 saturated heterocycles. The summed E-state index contributed by atoms with van der Waals surface area (Å²) in [7, 11) is 0. The molecule has 0 spiro atoms. The zero-order valence-corrected chi connectivity index (χ0v) is 7.91. The summed E-state index contributed by atoms with van der Waals surface area (Å²) in [4.78, 5) is 0. The van der Waals surface area contributed by atoms with Gasteiger partial charge in [-0.2, -0.15) is 0 Å². The first-order chi connectivity index (χ1) is 6.86. The summed E-state index contributed by atoms with van der Waals surface area (Å²) in [6.07, 6.45) is 2.73. The Morgan fingerprint density at radius 2 is 2.36 bits per heavy atom. The van der Waals surface area contributed by atoms with E-state index >= 15 is 0 Å². The Bertz CT molecular complexity index is 293. The van der Waals surface area contributed by atoms with E-state index in [2.05, 4.69) is 31.4 Å². The number of aryl methyl sites for hydroxylation is 1. The minimum atomic E-state index is 0.184. The number of nitrogens with zero attached hydrogens (tertiary/aromatic N) is 7. The zero-order chi connectivity index (χ0) is 9.80. The molecular weight excluding hydrogens is 184 g/mol. The van der Waals surface area contributed by atoms with Crippen LogP contribution in [0, 0.1) is 0 Å². The van der Waals surface area contributed by atoms with Gasteiger partial charge in [0.2, 0.25) is 0 Å². The number of hydrogen-bond donors (Lipinski definition) is 1. The van der Waals surface area contributed by atoms with Crippen molar-refractivity contribution in [3.8, 4) is 0 Å². The molecule has 0 saturated carbocycles. The van der Waals surface area contributed by atoms with Gasteiger partial charge in [0.25, 0.3) is 0 Å². The van der Waals surface area contributed by atoms with Gasteiger partial charge in [-0.25, -0.2) is 4.68 Å². The molecule has 1 aromatic rings. The Morgan fingerprint density at radius 3 is 3.00 bits per heavy atom. The molecule has 1 aliphatic rings. The first kappa shape index (κ1) is 8.85. The van der Waals surface area contributed by atoms with Crippen molar-refractivity contribution >= 4 is 0 Å². The zero-order valence-electron chi connectivity index (χ0n) is 7.91. The molecule has 0 aliphatic carbocycles. The molecule has 0 bridgehead atoms. The highest BCUT2D eigenvalue weighted by molar-refractivity contribution is 4.61. The predicted octanol–water partition coefficient (Wildman–Crippen LogP) is -0.403. The van der Waals surface area contributed by atoms with Crippen molar-refractivity contribution in [3.05, 3.63) is 6.33 Å². The van der Waals surface area contributed by atoms with E-state index < -0.39 is 0 Å². The first-order valence-electron chi connectivity index (χ1n) is 4.50. The van der Waals surface area contributed by atoms with Gasteiger partial charge in [-0.3, -0.25) is 10.4 Å². The van der Waals surface area contributed by atoms with Crippen LogP contribution in [0.2, 0.25) is 0 Å². The molecule has 8 heteroatoms. The third-order valence-corrected chi connectivity index (χ3v) is 2.02. The summed E-state index contributed by atoms with van der Waals surface area (Å²) < 4.78 is 1.70. The van der Waals surface area contributed by atoms with Crippen LogP contribution >= 0.6 is 0 Å². The van der Waals surface area contributed by atoms with E-state index in [4.69, 9.17) is 0 Å². The Kier molecular flexibility index (Phi) is 2.52. The number of nitrogens with one attached hydrogen (secondary N) is 1. The highest BCUT2D eigenvalue weighted by atomic mass is 15.7. The topological polar surface area (TPSA) is 83.6 Å². The Labute approximate surface area is 80.9 Å². The number of tetrazole rings is 1. The maximum absolute atomic E-state index is 3.92. The van der Waals surface area contributed by atoms with Crippen molar-refractivity contribution in [1.82, 2.24) is 30.6 Å². The average Bonchev–Trinajstić information content (AvgIpc) is 2.78. The summed E-state index contributed by atoms with van der Waals surface area (Å²) >= 11 is 0. The van der Waals surface area contributed by atoms with E-state index in [1.807, 2.05) is 11.9 Å². The van der Waals surface area contributed by atoms with Crippen molar-refractivity contribution in [3.63, 3.8) is 0 Å². The SMILES string of the molecule is C[C@H]1NN=NN1CCCn1cnnn1. The quantitative estimate of drug-likeness (QED) is 0.708. The van der Waals surface area contributed by atoms with E-state index in [-0.39, 0.29) is 6.17 Å². The average molecular weight is 196 g/mol. The molecule has 2 rings (SSSR count). The van der Waals surface area contributed by atoms with Crippen molar-refractivity contribution in [1.29, 1.82) is 0 Å². The highest BCUT2D eigenvalue weighted by Gasteiger charge is 2.15. The lowest BCUT2D eigenvalue weighted by atomic mass is 10.4. The molecular formula is C6H12N8. The molecule has 0 amide bonds. The number of hydrogen-bond acceptors (Lipinski definition) is 7. The van der Waals surface area contributed by atoms with Crippen LogP contribution in [-0.4, -0.2) is 37.9 Å².